The Morgan fingerprint density at radius 3 is 2.32 bits per heavy atom. The standard InChI is InChI=1S/C14H20ClNO2S/c1-10(2)16-19(17,18)13-7-3-11(4-8-13)9-14(15)12-5-6-12/h3-4,7-8,10,12,14,16H,5-6,9H2,1-2H3. The molecule has 0 radical (unpaired) electrons. The Bertz CT molecular complexity index is 521. The molecule has 0 aliphatic heterocycles. The SMILES string of the molecule is CC(C)NS(=O)(=O)c1ccc(CC(Cl)C2CC2)cc1. The molecule has 0 amide bonds. The Morgan fingerprint density at radius 1 is 1.26 bits per heavy atom. The topological polar surface area (TPSA) is 46.2 Å². The number of halogens is 1. The van der Waals surface area contributed by atoms with E-state index in [-0.39, 0.29) is 11.4 Å². The van der Waals surface area contributed by atoms with E-state index in [0.29, 0.717) is 10.8 Å². The summed E-state index contributed by atoms with van der Waals surface area (Å²) in [5.41, 5.74) is 1.09. The Kier molecular flexibility index (Phi) is 4.54. The highest BCUT2D eigenvalue weighted by atomic mass is 35.5. The molecule has 1 aromatic rings. The number of nitrogens with one attached hydrogen (secondary N) is 1. The molecule has 1 aliphatic rings. The quantitative estimate of drug-likeness (QED) is 0.821. The van der Waals surface area contributed by atoms with Crippen LogP contribution in [0.5, 0.6) is 0 Å². The van der Waals surface area contributed by atoms with Crippen molar-refractivity contribution in [2.24, 2.45) is 5.92 Å². The molecular weight excluding hydrogens is 282 g/mol. The molecule has 19 heavy (non-hydrogen) atoms. The molecule has 0 spiro atoms. The molecule has 5 heteroatoms. The summed E-state index contributed by atoms with van der Waals surface area (Å²) in [6.07, 6.45) is 3.25. The van der Waals surface area contributed by atoms with Crippen molar-refractivity contribution in [3.63, 3.8) is 0 Å². The van der Waals surface area contributed by atoms with Crippen LogP contribution in [0.1, 0.15) is 32.3 Å². The molecule has 1 N–H and O–H groups in total. The van der Waals surface area contributed by atoms with Gasteiger partial charge in [0.05, 0.1) is 4.90 Å². The minimum Gasteiger partial charge on any atom is -0.209 e. The fourth-order valence-electron chi connectivity index (χ4n) is 2.03. The van der Waals surface area contributed by atoms with Crippen LogP contribution in [0, 0.1) is 5.92 Å². The van der Waals surface area contributed by atoms with Crippen LogP contribution in [0.15, 0.2) is 29.2 Å². The average molecular weight is 302 g/mol. The Balaban J connectivity index is 2.05. The highest BCUT2D eigenvalue weighted by molar-refractivity contribution is 7.89. The second-order valence-electron chi connectivity index (χ2n) is 5.48. The summed E-state index contributed by atoms with van der Waals surface area (Å²) in [7, 11) is -3.39. The summed E-state index contributed by atoms with van der Waals surface area (Å²) >= 11 is 6.28. The largest absolute Gasteiger partial charge is 0.240 e. The van der Waals surface area contributed by atoms with E-state index in [1.165, 1.54) is 12.8 Å². The maximum atomic E-state index is 12.0. The first-order valence-corrected chi connectivity index (χ1v) is 8.56. The van der Waals surface area contributed by atoms with Crippen molar-refractivity contribution in [1.29, 1.82) is 0 Å². The van der Waals surface area contributed by atoms with Crippen LogP contribution in [0.3, 0.4) is 0 Å². The van der Waals surface area contributed by atoms with Crippen molar-refractivity contribution in [2.45, 2.75) is 49.4 Å². The second kappa shape index (κ2) is 5.81. The van der Waals surface area contributed by atoms with Gasteiger partial charge in [-0.3, -0.25) is 0 Å². The predicted octanol–water partition coefficient (Wildman–Crippen LogP) is 2.93. The van der Waals surface area contributed by atoms with Gasteiger partial charge in [0.2, 0.25) is 10.0 Å². The monoisotopic (exact) mass is 301 g/mol. The van der Waals surface area contributed by atoms with Gasteiger partial charge >= 0.3 is 0 Å². The highest BCUT2D eigenvalue weighted by Gasteiger charge is 2.29. The number of sulfonamides is 1. The van der Waals surface area contributed by atoms with E-state index in [9.17, 15) is 8.42 Å². The average Bonchev–Trinajstić information content (AvgIpc) is 3.11. The van der Waals surface area contributed by atoms with E-state index in [1.807, 2.05) is 12.1 Å². The Hall–Kier alpha value is -0.580. The molecule has 1 unspecified atom stereocenters. The zero-order valence-corrected chi connectivity index (χ0v) is 12.8. The van der Waals surface area contributed by atoms with Crippen LogP contribution in [0.25, 0.3) is 0 Å². The van der Waals surface area contributed by atoms with Gasteiger partial charge in [-0.05, 0) is 56.7 Å². The summed E-state index contributed by atoms with van der Waals surface area (Å²) in [5.74, 6) is 0.646. The van der Waals surface area contributed by atoms with Gasteiger partial charge in [0.1, 0.15) is 0 Å². The zero-order chi connectivity index (χ0) is 14.0. The molecular formula is C14H20ClNO2S. The molecule has 1 fully saturated rings. The van der Waals surface area contributed by atoms with E-state index < -0.39 is 10.0 Å². The third-order valence-electron chi connectivity index (χ3n) is 3.19. The van der Waals surface area contributed by atoms with Crippen molar-refractivity contribution >= 4 is 21.6 Å². The van der Waals surface area contributed by atoms with E-state index in [1.54, 1.807) is 26.0 Å². The number of hydrogen-bond donors (Lipinski definition) is 1. The normalized spacial score (nSPS) is 17.7. The lowest BCUT2D eigenvalue weighted by molar-refractivity contribution is 0.570. The van der Waals surface area contributed by atoms with Crippen molar-refractivity contribution < 1.29 is 8.42 Å². The third kappa shape index (κ3) is 4.20. The molecule has 3 nitrogen and oxygen atoms in total. The Morgan fingerprint density at radius 2 is 1.84 bits per heavy atom. The maximum Gasteiger partial charge on any atom is 0.240 e. The highest BCUT2D eigenvalue weighted by Crippen LogP contribution is 2.37. The third-order valence-corrected chi connectivity index (χ3v) is 5.37. The summed E-state index contributed by atoms with van der Waals surface area (Å²) in [4.78, 5) is 0.308. The van der Waals surface area contributed by atoms with Gasteiger partial charge in [-0.1, -0.05) is 12.1 Å². The van der Waals surface area contributed by atoms with Crippen molar-refractivity contribution in [3.05, 3.63) is 29.8 Å². The minimum absolute atomic E-state index is 0.105. The zero-order valence-electron chi connectivity index (χ0n) is 11.3. The second-order valence-corrected chi connectivity index (χ2v) is 7.75. The van der Waals surface area contributed by atoms with Gasteiger partial charge in [-0.15, -0.1) is 11.6 Å². The fraction of sp³-hybridized carbons (Fsp3) is 0.571. The van der Waals surface area contributed by atoms with Gasteiger partial charge in [0.25, 0.3) is 0 Å². The van der Waals surface area contributed by atoms with E-state index >= 15 is 0 Å². The number of rotatable bonds is 6. The predicted molar refractivity (Wildman–Crippen MR) is 78.0 cm³/mol. The van der Waals surface area contributed by atoms with Crippen molar-refractivity contribution in [2.75, 3.05) is 0 Å². The molecule has 2 rings (SSSR count). The van der Waals surface area contributed by atoms with E-state index in [0.717, 1.165) is 12.0 Å². The summed E-state index contributed by atoms with van der Waals surface area (Å²) in [6.45, 7) is 3.61. The van der Waals surface area contributed by atoms with Crippen LogP contribution < -0.4 is 4.72 Å². The molecule has 0 bridgehead atoms. The van der Waals surface area contributed by atoms with Crippen LogP contribution in [-0.2, 0) is 16.4 Å². The molecule has 0 saturated heterocycles. The van der Waals surface area contributed by atoms with E-state index in [4.69, 9.17) is 11.6 Å². The van der Waals surface area contributed by atoms with Gasteiger partial charge < -0.3 is 0 Å². The van der Waals surface area contributed by atoms with Gasteiger partial charge in [0.15, 0.2) is 0 Å². The molecule has 0 aromatic heterocycles. The molecule has 1 saturated carbocycles. The van der Waals surface area contributed by atoms with Crippen LogP contribution in [0.2, 0.25) is 0 Å². The smallest absolute Gasteiger partial charge is 0.209 e. The Labute approximate surface area is 120 Å². The molecule has 1 atom stereocenters. The van der Waals surface area contributed by atoms with Gasteiger partial charge in [0, 0.05) is 11.4 Å². The first-order chi connectivity index (χ1) is 8.88. The van der Waals surface area contributed by atoms with Gasteiger partial charge in [-0.2, -0.15) is 0 Å². The lowest BCUT2D eigenvalue weighted by Gasteiger charge is -2.11. The first-order valence-electron chi connectivity index (χ1n) is 6.64. The minimum atomic E-state index is -3.39. The number of benzene rings is 1. The van der Waals surface area contributed by atoms with Gasteiger partial charge in [-0.25, -0.2) is 13.1 Å². The molecule has 1 aliphatic carbocycles. The van der Waals surface area contributed by atoms with Crippen LogP contribution >= 0.6 is 11.6 Å². The van der Waals surface area contributed by atoms with Crippen molar-refractivity contribution in [1.82, 2.24) is 4.72 Å². The summed E-state index contributed by atoms with van der Waals surface area (Å²) in [5, 5.41) is 0.177. The van der Waals surface area contributed by atoms with Crippen molar-refractivity contribution in [3.8, 4) is 0 Å². The first kappa shape index (κ1) is 14.8. The molecule has 106 valence electrons. The van der Waals surface area contributed by atoms with Crippen LogP contribution in [-0.4, -0.2) is 19.8 Å². The molecule has 1 aromatic carbocycles. The number of hydrogen-bond acceptors (Lipinski definition) is 2. The number of alkyl halides is 1. The van der Waals surface area contributed by atoms with E-state index in [2.05, 4.69) is 4.72 Å². The lowest BCUT2D eigenvalue weighted by Crippen LogP contribution is -2.30. The fourth-order valence-corrected chi connectivity index (χ4v) is 3.71. The summed E-state index contributed by atoms with van der Waals surface area (Å²) < 4.78 is 26.5. The summed E-state index contributed by atoms with van der Waals surface area (Å²) in [6, 6.07) is 6.90. The maximum absolute atomic E-state index is 12.0. The molecule has 0 heterocycles. The lowest BCUT2D eigenvalue weighted by atomic mass is 10.1. The van der Waals surface area contributed by atoms with Crippen LogP contribution in [0.4, 0.5) is 0 Å².